The van der Waals surface area contributed by atoms with Gasteiger partial charge in [0.25, 0.3) is 11.5 Å². The molecule has 1 unspecified atom stereocenters. The first-order valence-corrected chi connectivity index (χ1v) is 14.5. The van der Waals surface area contributed by atoms with Gasteiger partial charge in [-0.1, -0.05) is 19.3 Å². The third-order valence-electron chi connectivity index (χ3n) is 6.58. The predicted molar refractivity (Wildman–Crippen MR) is 147 cm³/mol. The Morgan fingerprint density at radius 1 is 1.18 bits per heavy atom. The molecule has 0 aliphatic heterocycles. The quantitative estimate of drug-likeness (QED) is 0.463. The second-order valence-electron chi connectivity index (χ2n) is 11.0. The van der Waals surface area contributed by atoms with Crippen LogP contribution in [0.25, 0.3) is 0 Å². The van der Waals surface area contributed by atoms with Gasteiger partial charge in [0.15, 0.2) is 0 Å². The van der Waals surface area contributed by atoms with Gasteiger partial charge in [-0.3, -0.25) is 19.1 Å². The predicted octanol–water partition coefficient (Wildman–Crippen LogP) is 2.91. The topological polar surface area (TPSA) is 145 Å². The minimum Gasteiger partial charge on any atom is -0.351 e. The minimum absolute atomic E-state index is 0.0414. The zero-order valence-corrected chi connectivity index (χ0v) is 23.6. The molecule has 1 fully saturated rings. The average molecular weight is 547 g/mol. The van der Waals surface area contributed by atoms with E-state index in [1.165, 1.54) is 21.7 Å². The highest BCUT2D eigenvalue weighted by atomic mass is 32.2. The van der Waals surface area contributed by atoms with E-state index in [9.17, 15) is 22.8 Å². The lowest BCUT2D eigenvalue weighted by molar-refractivity contribution is -0.127. The fourth-order valence-corrected chi connectivity index (χ4v) is 6.44. The molecule has 3 rings (SSSR count). The Bertz CT molecular complexity index is 1360. The molecule has 0 radical (unpaired) electrons. The molecular weight excluding hydrogens is 508 g/mol. The van der Waals surface area contributed by atoms with Crippen molar-refractivity contribution in [2.24, 2.45) is 10.9 Å². The fourth-order valence-electron chi connectivity index (χ4n) is 4.91. The summed E-state index contributed by atoms with van der Waals surface area (Å²) >= 11 is 0. The van der Waals surface area contributed by atoms with Crippen molar-refractivity contribution in [3.05, 3.63) is 45.9 Å². The molecule has 0 spiro atoms. The second-order valence-corrected chi connectivity index (χ2v) is 12.8. The van der Waals surface area contributed by atoms with E-state index < -0.39 is 32.9 Å². The zero-order valence-electron chi connectivity index (χ0n) is 22.8. The van der Waals surface area contributed by atoms with Crippen LogP contribution in [-0.4, -0.2) is 52.6 Å². The molecular formula is C26H38N6O5S. The lowest BCUT2D eigenvalue weighted by Crippen LogP contribution is -2.42. The number of amides is 2. The van der Waals surface area contributed by atoms with Crippen molar-refractivity contribution in [2.75, 3.05) is 10.5 Å². The van der Waals surface area contributed by atoms with Crippen LogP contribution in [-0.2, 0) is 19.6 Å². The molecule has 208 valence electrons. The van der Waals surface area contributed by atoms with Crippen LogP contribution in [0.2, 0.25) is 0 Å². The normalized spacial score (nSPS) is 15.6. The number of nitrogens with zero attached hydrogens (tertiary/aromatic N) is 4. The standard InChI is InChI=1S/C26H38N6O5S/c1-17-12-13-21(30-38(36,37)15-19-10-8-7-9-11-19)25(35)32(17)31-16-28-18(2)23(31)20(24(34)27-6)14-22(33)29-26(3,4)5/h12-13,16,19-20,30H,6-11,14-15H2,1-5H3,(H,29,33). The van der Waals surface area contributed by atoms with E-state index in [0.717, 1.165) is 32.1 Å². The molecule has 1 saturated carbocycles. The molecule has 0 aromatic carbocycles. The number of aliphatic imine (C=N–C) groups is 1. The molecule has 2 aromatic heterocycles. The fraction of sp³-hybridized carbons (Fsp3) is 0.577. The summed E-state index contributed by atoms with van der Waals surface area (Å²) in [4.78, 5) is 47.0. The maximum absolute atomic E-state index is 13.6. The number of aromatic nitrogens is 3. The maximum Gasteiger partial charge on any atom is 0.294 e. The van der Waals surface area contributed by atoms with Crippen LogP contribution in [0.4, 0.5) is 5.69 Å². The molecule has 38 heavy (non-hydrogen) atoms. The summed E-state index contributed by atoms with van der Waals surface area (Å²) in [5.41, 5.74) is -0.0745. The summed E-state index contributed by atoms with van der Waals surface area (Å²) in [6.45, 7) is 12.2. The average Bonchev–Trinajstić information content (AvgIpc) is 3.18. The van der Waals surface area contributed by atoms with Crippen molar-refractivity contribution in [1.82, 2.24) is 19.7 Å². The smallest absolute Gasteiger partial charge is 0.294 e. The first-order valence-electron chi connectivity index (χ1n) is 12.8. The molecule has 2 heterocycles. The summed E-state index contributed by atoms with van der Waals surface area (Å²) in [5.74, 6) is -2.06. The lowest BCUT2D eigenvalue weighted by Gasteiger charge is -2.24. The van der Waals surface area contributed by atoms with Crippen molar-refractivity contribution in [3.63, 3.8) is 0 Å². The van der Waals surface area contributed by atoms with Crippen LogP contribution >= 0.6 is 0 Å². The van der Waals surface area contributed by atoms with Crippen molar-refractivity contribution in [3.8, 4) is 0 Å². The van der Waals surface area contributed by atoms with Crippen LogP contribution in [0.15, 0.2) is 28.2 Å². The Morgan fingerprint density at radius 3 is 2.45 bits per heavy atom. The van der Waals surface area contributed by atoms with Gasteiger partial charge in [-0.25, -0.2) is 27.7 Å². The molecule has 11 nitrogen and oxygen atoms in total. The molecule has 2 N–H and O–H groups in total. The van der Waals surface area contributed by atoms with Gasteiger partial charge in [0, 0.05) is 17.7 Å². The number of pyridine rings is 1. The van der Waals surface area contributed by atoms with E-state index in [1.54, 1.807) is 19.9 Å². The second kappa shape index (κ2) is 11.6. The molecule has 0 saturated heterocycles. The number of hydrogen-bond donors (Lipinski definition) is 2. The Balaban J connectivity index is 2.01. The first kappa shape index (κ1) is 29.3. The van der Waals surface area contributed by atoms with E-state index in [0.29, 0.717) is 17.1 Å². The zero-order chi connectivity index (χ0) is 28.3. The number of anilines is 1. The lowest BCUT2D eigenvalue weighted by atomic mass is 9.91. The number of nitrogens with one attached hydrogen (secondary N) is 2. The maximum atomic E-state index is 13.6. The Labute approximate surface area is 223 Å². The van der Waals surface area contributed by atoms with Crippen LogP contribution in [0.5, 0.6) is 0 Å². The number of aryl methyl sites for hydroxylation is 2. The molecule has 2 amide bonds. The molecule has 1 aliphatic rings. The summed E-state index contributed by atoms with van der Waals surface area (Å²) in [6, 6.07) is 3.04. The highest BCUT2D eigenvalue weighted by Gasteiger charge is 2.31. The summed E-state index contributed by atoms with van der Waals surface area (Å²) in [5, 5.41) is 2.83. The van der Waals surface area contributed by atoms with E-state index >= 15 is 0 Å². The van der Waals surface area contributed by atoms with Gasteiger partial charge in [-0.2, -0.15) is 0 Å². The highest BCUT2D eigenvalue weighted by Crippen LogP contribution is 2.27. The third kappa shape index (κ3) is 7.18. The van der Waals surface area contributed by atoms with Gasteiger partial charge < -0.3 is 5.32 Å². The van der Waals surface area contributed by atoms with Gasteiger partial charge in [0.2, 0.25) is 15.9 Å². The monoisotopic (exact) mass is 546 g/mol. The third-order valence-corrected chi connectivity index (χ3v) is 8.02. The van der Waals surface area contributed by atoms with Gasteiger partial charge in [-0.05, 0) is 72.2 Å². The van der Waals surface area contributed by atoms with E-state index in [4.69, 9.17) is 0 Å². The van der Waals surface area contributed by atoms with Crippen LogP contribution < -0.4 is 15.6 Å². The van der Waals surface area contributed by atoms with Crippen molar-refractivity contribution < 1.29 is 18.0 Å². The molecule has 12 heteroatoms. The number of hydrogen-bond acceptors (Lipinski definition) is 6. The van der Waals surface area contributed by atoms with E-state index in [1.807, 2.05) is 20.8 Å². The number of carbonyl (C=O) groups excluding carboxylic acids is 2. The SMILES string of the molecule is C=NC(=O)C(CC(=O)NC(C)(C)C)c1c(C)ncn1-n1c(C)ccc(NS(=O)(=O)CC2CCCCC2)c1=O. The number of carbonyl (C=O) groups is 2. The van der Waals surface area contributed by atoms with Crippen molar-refractivity contribution >= 4 is 34.2 Å². The molecule has 0 bridgehead atoms. The Kier molecular flexibility index (Phi) is 8.96. The number of rotatable bonds is 9. The number of sulfonamides is 1. The minimum atomic E-state index is -3.76. The highest BCUT2D eigenvalue weighted by molar-refractivity contribution is 7.92. The summed E-state index contributed by atoms with van der Waals surface area (Å²) < 4.78 is 30.9. The van der Waals surface area contributed by atoms with Gasteiger partial charge in [0.05, 0.1) is 23.1 Å². The largest absolute Gasteiger partial charge is 0.351 e. The number of imidazole rings is 1. The first-order chi connectivity index (χ1) is 17.7. The van der Waals surface area contributed by atoms with Crippen molar-refractivity contribution in [2.45, 2.75) is 84.6 Å². The summed E-state index contributed by atoms with van der Waals surface area (Å²) in [6.07, 6.45) is 5.97. The van der Waals surface area contributed by atoms with Crippen molar-refractivity contribution in [1.29, 1.82) is 0 Å². The molecule has 1 atom stereocenters. The summed E-state index contributed by atoms with van der Waals surface area (Å²) in [7, 11) is -3.76. The van der Waals surface area contributed by atoms with Crippen LogP contribution in [0, 0.1) is 19.8 Å². The van der Waals surface area contributed by atoms with Gasteiger partial charge in [-0.15, -0.1) is 0 Å². The van der Waals surface area contributed by atoms with Crippen LogP contribution in [0.3, 0.4) is 0 Å². The Morgan fingerprint density at radius 2 is 1.84 bits per heavy atom. The van der Waals surface area contributed by atoms with E-state index in [2.05, 4.69) is 26.7 Å². The van der Waals surface area contributed by atoms with E-state index in [-0.39, 0.29) is 29.7 Å². The van der Waals surface area contributed by atoms with Crippen LogP contribution in [0.1, 0.15) is 82.3 Å². The molecule has 2 aromatic rings. The molecule has 1 aliphatic carbocycles. The van der Waals surface area contributed by atoms with Gasteiger partial charge in [0.1, 0.15) is 12.0 Å². The van der Waals surface area contributed by atoms with Gasteiger partial charge >= 0.3 is 0 Å². The Hall–Kier alpha value is -3.28.